The molecule has 0 spiro atoms. The third-order valence-corrected chi connectivity index (χ3v) is 7.38. The van der Waals surface area contributed by atoms with E-state index in [1.54, 1.807) is 31.2 Å². The van der Waals surface area contributed by atoms with Crippen molar-refractivity contribution in [2.75, 3.05) is 20.9 Å². The molecule has 1 aromatic heterocycles. The van der Waals surface area contributed by atoms with Crippen LogP contribution in [0.3, 0.4) is 0 Å². The van der Waals surface area contributed by atoms with Gasteiger partial charge in [-0.05, 0) is 43.5 Å². The molecular weight excluding hydrogens is 598 g/mol. The summed E-state index contributed by atoms with van der Waals surface area (Å²) in [6.45, 7) is 3.62. The Morgan fingerprint density at radius 1 is 0.935 bits per heavy atom. The third kappa shape index (κ3) is 11.3. The van der Waals surface area contributed by atoms with E-state index in [1.165, 1.54) is 32.4 Å². The number of benzene rings is 1. The number of nitrogens with one attached hydrogen (secondary N) is 3. The molecule has 0 unspecified atom stereocenters. The number of amides is 4. The molecule has 2 rings (SSSR count). The van der Waals surface area contributed by atoms with Crippen molar-refractivity contribution in [2.45, 2.75) is 70.9 Å². The van der Waals surface area contributed by atoms with Crippen LogP contribution in [-0.4, -0.2) is 84.3 Å². The highest BCUT2D eigenvalue weighted by atomic mass is 16.5. The quantitative estimate of drug-likeness (QED) is 0.0442. The first-order valence-electron chi connectivity index (χ1n) is 15.1. The van der Waals surface area contributed by atoms with E-state index in [-0.39, 0.29) is 37.2 Å². The molecule has 0 aliphatic rings. The molecule has 0 radical (unpaired) electrons. The zero-order chi connectivity index (χ0) is 34.1. The van der Waals surface area contributed by atoms with Crippen LogP contribution in [0.4, 0.5) is 0 Å². The fourth-order valence-corrected chi connectivity index (χ4v) is 4.79. The third-order valence-electron chi connectivity index (χ3n) is 7.38. The molecule has 2 aromatic rings. The fourth-order valence-electron chi connectivity index (χ4n) is 4.79. The Labute approximate surface area is 268 Å². The zero-order valence-corrected chi connectivity index (χ0v) is 26.6. The molecule has 0 bridgehead atoms. The van der Waals surface area contributed by atoms with Crippen molar-refractivity contribution < 1.29 is 43.4 Å². The van der Waals surface area contributed by atoms with Crippen LogP contribution in [0.2, 0.25) is 0 Å². The number of methoxy groups -OCH3 is 2. The predicted molar refractivity (Wildman–Crippen MR) is 166 cm³/mol. The van der Waals surface area contributed by atoms with Gasteiger partial charge < -0.3 is 25.4 Å². The minimum atomic E-state index is -1.04. The van der Waals surface area contributed by atoms with Crippen molar-refractivity contribution in [1.29, 1.82) is 0 Å². The highest BCUT2D eigenvalue weighted by Gasteiger charge is 2.30. The summed E-state index contributed by atoms with van der Waals surface area (Å²) in [5, 5.41) is 18.3. The SMILES string of the molecule is CCCCC[C@@H](C(=O)NCNC(=O)c1cccc(-c2ccc(C(=O)N[C@@H](CCC(=O)OC)C(=O)OC)cc2)n1)[C@@H](CC)N(O)C=O. The Morgan fingerprint density at radius 3 is 2.26 bits per heavy atom. The van der Waals surface area contributed by atoms with Crippen molar-refractivity contribution in [3.63, 3.8) is 0 Å². The molecule has 0 aliphatic carbocycles. The summed E-state index contributed by atoms with van der Waals surface area (Å²) in [7, 11) is 2.41. The van der Waals surface area contributed by atoms with Gasteiger partial charge in [0.05, 0.1) is 38.5 Å². The van der Waals surface area contributed by atoms with Crippen LogP contribution < -0.4 is 16.0 Å². The van der Waals surface area contributed by atoms with Crippen molar-refractivity contribution in [3.05, 3.63) is 53.7 Å². The maximum absolute atomic E-state index is 13.0. The molecule has 0 aliphatic heterocycles. The van der Waals surface area contributed by atoms with E-state index in [9.17, 15) is 34.0 Å². The Balaban J connectivity index is 2.04. The maximum atomic E-state index is 13.0. The van der Waals surface area contributed by atoms with Gasteiger partial charge >= 0.3 is 11.9 Å². The van der Waals surface area contributed by atoms with Gasteiger partial charge in [0.1, 0.15) is 11.7 Å². The molecule has 4 N–H and O–H groups in total. The van der Waals surface area contributed by atoms with Crippen LogP contribution in [0.25, 0.3) is 11.3 Å². The lowest BCUT2D eigenvalue weighted by Gasteiger charge is -2.29. The van der Waals surface area contributed by atoms with Crippen LogP contribution >= 0.6 is 0 Å². The highest BCUT2D eigenvalue weighted by molar-refractivity contribution is 5.97. The average molecular weight is 642 g/mol. The maximum Gasteiger partial charge on any atom is 0.328 e. The molecule has 46 heavy (non-hydrogen) atoms. The van der Waals surface area contributed by atoms with E-state index >= 15 is 0 Å². The lowest BCUT2D eigenvalue weighted by atomic mass is 9.90. The van der Waals surface area contributed by atoms with Gasteiger partial charge in [0.25, 0.3) is 11.8 Å². The minimum Gasteiger partial charge on any atom is -0.469 e. The Bertz CT molecular complexity index is 1340. The molecule has 0 saturated heterocycles. The van der Waals surface area contributed by atoms with Gasteiger partial charge in [0, 0.05) is 17.5 Å². The summed E-state index contributed by atoms with van der Waals surface area (Å²) in [4.78, 5) is 77.7. The van der Waals surface area contributed by atoms with Crippen LogP contribution in [0.15, 0.2) is 42.5 Å². The molecule has 14 nitrogen and oxygen atoms in total. The number of hydrogen-bond acceptors (Lipinski definition) is 10. The number of unbranched alkanes of at least 4 members (excludes halogenated alkanes) is 2. The van der Waals surface area contributed by atoms with Gasteiger partial charge in [0.15, 0.2) is 0 Å². The summed E-state index contributed by atoms with van der Waals surface area (Å²) < 4.78 is 9.31. The van der Waals surface area contributed by atoms with Gasteiger partial charge in [0.2, 0.25) is 12.3 Å². The summed E-state index contributed by atoms with van der Waals surface area (Å²) in [5.74, 6) is -3.35. The lowest BCUT2D eigenvalue weighted by Crippen LogP contribution is -2.47. The molecule has 250 valence electrons. The highest BCUT2D eigenvalue weighted by Crippen LogP contribution is 2.21. The molecule has 1 aromatic carbocycles. The number of ether oxygens (including phenoxy) is 2. The topological polar surface area (TPSA) is 193 Å². The molecular formula is C32H43N5O9. The first-order valence-corrected chi connectivity index (χ1v) is 15.1. The molecule has 3 atom stereocenters. The number of hydrogen-bond donors (Lipinski definition) is 4. The van der Waals surface area contributed by atoms with Crippen LogP contribution in [0.5, 0.6) is 0 Å². The van der Waals surface area contributed by atoms with Crippen LogP contribution in [0.1, 0.15) is 79.6 Å². The normalized spacial score (nSPS) is 12.5. The molecule has 0 saturated carbocycles. The van der Waals surface area contributed by atoms with Gasteiger partial charge in [-0.3, -0.25) is 29.2 Å². The van der Waals surface area contributed by atoms with E-state index in [2.05, 4.69) is 25.7 Å². The summed E-state index contributed by atoms with van der Waals surface area (Å²) >= 11 is 0. The Morgan fingerprint density at radius 2 is 1.65 bits per heavy atom. The number of carbonyl (C=O) groups excluding carboxylic acids is 6. The largest absolute Gasteiger partial charge is 0.469 e. The molecule has 4 amide bonds. The molecule has 14 heteroatoms. The molecule has 0 fully saturated rings. The average Bonchev–Trinajstić information content (AvgIpc) is 3.08. The van der Waals surface area contributed by atoms with Crippen molar-refractivity contribution >= 4 is 36.1 Å². The number of carbonyl (C=O) groups is 6. The summed E-state index contributed by atoms with van der Waals surface area (Å²) in [6, 6.07) is 9.43. The van der Waals surface area contributed by atoms with Gasteiger partial charge in [-0.2, -0.15) is 0 Å². The number of rotatable bonds is 19. The van der Waals surface area contributed by atoms with E-state index in [4.69, 9.17) is 4.74 Å². The number of hydroxylamine groups is 2. The van der Waals surface area contributed by atoms with E-state index in [0.717, 1.165) is 19.3 Å². The van der Waals surface area contributed by atoms with Crippen molar-refractivity contribution in [1.82, 2.24) is 26.0 Å². The Hall–Kier alpha value is -4.85. The minimum absolute atomic E-state index is 0.00581. The van der Waals surface area contributed by atoms with E-state index in [1.807, 2.05) is 6.92 Å². The molecule has 1 heterocycles. The van der Waals surface area contributed by atoms with Crippen molar-refractivity contribution in [2.24, 2.45) is 5.92 Å². The van der Waals surface area contributed by atoms with Gasteiger partial charge in [-0.15, -0.1) is 0 Å². The fraction of sp³-hybridized carbons (Fsp3) is 0.469. The Kier molecular flexibility index (Phi) is 15.8. The van der Waals surface area contributed by atoms with E-state index in [0.29, 0.717) is 29.2 Å². The van der Waals surface area contributed by atoms with Crippen LogP contribution in [0, 0.1) is 5.92 Å². The second kappa shape index (κ2) is 19.5. The number of pyridine rings is 1. The lowest BCUT2D eigenvalue weighted by molar-refractivity contribution is -0.168. The van der Waals surface area contributed by atoms with Crippen LogP contribution in [-0.2, 0) is 28.7 Å². The van der Waals surface area contributed by atoms with Gasteiger partial charge in [-0.1, -0.05) is 51.3 Å². The monoisotopic (exact) mass is 641 g/mol. The number of aromatic nitrogens is 1. The standard InChI is InChI=1S/C32H43N5O9/c1-5-7-8-10-23(27(6-2)37(44)20-38)30(41)33-19-34-31(42)25-12-9-11-24(35-25)21-13-15-22(16-14-21)29(40)36-26(32(43)46-4)17-18-28(39)45-3/h9,11-16,20,23,26-27,44H,5-8,10,17-19H2,1-4H3,(H,33,41)(H,34,42)(H,36,40)/t23-,26+,27-/m1/s1. The second-order valence-corrected chi connectivity index (χ2v) is 10.4. The predicted octanol–water partition coefficient (Wildman–Crippen LogP) is 2.60. The number of esters is 2. The van der Waals surface area contributed by atoms with Gasteiger partial charge in [-0.25, -0.2) is 14.8 Å². The number of nitrogens with zero attached hydrogens (tertiary/aromatic N) is 2. The summed E-state index contributed by atoms with van der Waals surface area (Å²) in [5.41, 5.74) is 1.40. The zero-order valence-electron chi connectivity index (χ0n) is 26.6. The summed E-state index contributed by atoms with van der Waals surface area (Å²) in [6.07, 6.45) is 3.65. The second-order valence-electron chi connectivity index (χ2n) is 10.4. The van der Waals surface area contributed by atoms with Crippen molar-refractivity contribution in [3.8, 4) is 11.3 Å². The first-order chi connectivity index (χ1) is 22.1. The smallest absolute Gasteiger partial charge is 0.328 e. The van der Waals surface area contributed by atoms with E-state index < -0.39 is 47.7 Å². The first kappa shape index (κ1) is 37.3.